The molecule has 3 rings (SSSR count). The molecule has 1 unspecified atom stereocenters. The number of rotatable bonds is 1. The highest BCUT2D eigenvalue weighted by molar-refractivity contribution is 5.82. The Hall–Kier alpha value is -1.55. The van der Waals surface area contributed by atoms with Crippen LogP contribution >= 0.6 is 0 Å². The van der Waals surface area contributed by atoms with E-state index >= 15 is 0 Å². The number of hydrogen-bond acceptors (Lipinski definition) is 3. The number of nitrogens with zero attached hydrogens (tertiary/aromatic N) is 2. The van der Waals surface area contributed by atoms with E-state index in [2.05, 4.69) is 29.5 Å². The highest BCUT2D eigenvalue weighted by atomic mass is 16.5. The van der Waals surface area contributed by atoms with Crippen LogP contribution in [0.3, 0.4) is 0 Å². The van der Waals surface area contributed by atoms with Crippen molar-refractivity contribution < 1.29 is 4.74 Å². The van der Waals surface area contributed by atoms with E-state index in [1.54, 1.807) is 0 Å². The quantitative estimate of drug-likeness (QED) is 0.817. The molecule has 0 amide bonds. The van der Waals surface area contributed by atoms with Crippen LogP contribution in [0, 0.1) is 6.92 Å². The van der Waals surface area contributed by atoms with E-state index in [9.17, 15) is 0 Å². The molecule has 4 nitrogen and oxygen atoms in total. The number of fused-ring (bicyclic) bond motifs is 1. The smallest absolute Gasteiger partial charge is 0.201 e. The largest absolute Gasteiger partial charge is 0.379 e. The van der Waals surface area contributed by atoms with E-state index in [4.69, 9.17) is 10.5 Å². The van der Waals surface area contributed by atoms with Gasteiger partial charge in [-0.1, -0.05) is 12.1 Å². The molecule has 2 aromatic rings. The molecule has 1 aromatic heterocycles. The van der Waals surface area contributed by atoms with Crippen molar-refractivity contribution in [1.29, 1.82) is 0 Å². The molecule has 17 heavy (non-hydrogen) atoms. The van der Waals surface area contributed by atoms with Gasteiger partial charge in [0, 0.05) is 6.61 Å². The van der Waals surface area contributed by atoms with Crippen molar-refractivity contribution in [3.8, 4) is 0 Å². The number of aryl methyl sites for hydroxylation is 1. The van der Waals surface area contributed by atoms with Crippen LogP contribution in [-0.2, 0) is 10.3 Å². The molecule has 1 saturated heterocycles. The molecule has 1 aliphatic heterocycles. The van der Waals surface area contributed by atoms with Gasteiger partial charge in [-0.25, -0.2) is 4.98 Å². The molecule has 1 aliphatic rings. The Morgan fingerprint density at radius 2 is 2.29 bits per heavy atom. The number of nitrogen functional groups attached to an aromatic ring is 1. The fourth-order valence-electron chi connectivity index (χ4n) is 2.69. The summed E-state index contributed by atoms with van der Waals surface area (Å²) in [7, 11) is 0. The first-order chi connectivity index (χ1) is 8.12. The second-order valence-corrected chi connectivity index (χ2v) is 5.05. The fourth-order valence-corrected chi connectivity index (χ4v) is 2.69. The Morgan fingerprint density at radius 3 is 3.00 bits per heavy atom. The van der Waals surface area contributed by atoms with Crippen molar-refractivity contribution in [2.45, 2.75) is 25.8 Å². The first-order valence-corrected chi connectivity index (χ1v) is 5.94. The van der Waals surface area contributed by atoms with Crippen LogP contribution in [0.1, 0.15) is 18.9 Å². The number of imidazole rings is 1. The maximum absolute atomic E-state index is 6.08. The van der Waals surface area contributed by atoms with E-state index in [1.165, 1.54) is 5.56 Å². The molecular formula is C13H17N3O. The zero-order valence-corrected chi connectivity index (χ0v) is 10.2. The number of nitrogens with two attached hydrogens (primary N) is 1. The van der Waals surface area contributed by atoms with Crippen LogP contribution in [0.4, 0.5) is 5.95 Å². The number of para-hydroxylation sites is 1. The minimum absolute atomic E-state index is 0.0645. The molecule has 0 saturated carbocycles. The summed E-state index contributed by atoms with van der Waals surface area (Å²) >= 11 is 0. The second-order valence-electron chi connectivity index (χ2n) is 5.05. The molecule has 0 bridgehead atoms. The van der Waals surface area contributed by atoms with Gasteiger partial charge in [-0.3, -0.25) is 0 Å². The summed E-state index contributed by atoms with van der Waals surface area (Å²) in [5.74, 6) is 0.585. The number of hydrogen-bond donors (Lipinski definition) is 1. The van der Waals surface area contributed by atoms with E-state index in [0.717, 1.165) is 24.1 Å². The Kier molecular flexibility index (Phi) is 2.16. The maximum Gasteiger partial charge on any atom is 0.201 e. The number of benzene rings is 1. The Labute approximate surface area is 100 Å². The third kappa shape index (κ3) is 1.44. The summed E-state index contributed by atoms with van der Waals surface area (Å²) in [4.78, 5) is 4.45. The van der Waals surface area contributed by atoms with Crippen LogP contribution in [0.5, 0.6) is 0 Å². The lowest BCUT2D eigenvalue weighted by Gasteiger charge is -2.26. The lowest BCUT2D eigenvalue weighted by atomic mass is 10.0. The van der Waals surface area contributed by atoms with Crippen molar-refractivity contribution >= 4 is 17.0 Å². The average Bonchev–Trinajstić information content (AvgIpc) is 2.83. The minimum Gasteiger partial charge on any atom is -0.379 e. The van der Waals surface area contributed by atoms with E-state index < -0.39 is 0 Å². The zero-order chi connectivity index (χ0) is 12.0. The molecule has 1 aromatic carbocycles. The van der Waals surface area contributed by atoms with Gasteiger partial charge in [-0.05, 0) is 31.9 Å². The molecule has 0 radical (unpaired) electrons. The van der Waals surface area contributed by atoms with Gasteiger partial charge in [-0.15, -0.1) is 0 Å². The van der Waals surface area contributed by atoms with Crippen LogP contribution in [-0.4, -0.2) is 22.8 Å². The van der Waals surface area contributed by atoms with Gasteiger partial charge in [0.25, 0.3) is 0 Å². The lowest BCUT2D eigenvalue weighted by molar-refractivity contribution is 0.164. The number of ether oxygens (including phenoxy) is 1. The fraction of sp³-hybridized carbons (Fsp3) is 0.462. The SMILES string of the molecule is Cc1cccc2nc(N)n(C3(C)CCOC3)c12. The normalized spacial score (nSPS) is 24.6. The Morgan fingerprint density at radius 1 is 1.47 bits per heavy atom. The van der Waals surface area contributed by atoms with E-state index in [0.29, 0.717) is 12.6 Å². The van der Waals surface area contributed by atoms with Gasteiger partial charge in [0.2, 0.25) is 5.95 Å². The maximum atomic E-state index is 6.08. The Balaban J connectivity index is 2.31. The summed E-state index contributed by atoms with van der Waals surface area (Å²) in [6.45, 7) is 5.78. The summed E-state index contributed by atoms with van der Waals surface area (Å²) in [6.07, 6.45) is 0.983. The predicted octanol–water partition coefficient (Wildman–Crippen LogP) is 2.06. The summed E-state index contributed by atoms with van der Waals surface area (Å²) < 4.78 is 7.67. The van der Waals surface area contributed by atoms with Gasteiger partial charge < -0.3 is 15.0 Å². The van der Waals surface area contributed by atoms with Gasteiger partial charge >= 0.3 is 0 Å². The van der Waals surface area contributed by atoms with Crippen LogP contribution in [0.15, 0.2) is 18.2 Å². The molecule has 2 N–H and O–H groups in total. The van der Waals surface area contributed by atoms with Crippen molar-refractivity contribution in [2.24, 2.45) is 0 Å². The lowest BCUT2D eigenvalue weighted by Crippen LogP contribution is -2.31. The second kappa shape index (κ2) is 3.47. The first kappa shape index (κ1) is 10.6. The number of anilines is 1. The standard InChI is InChI=1S/C13H17N3O/c1-9-4-3-5-10-11(9)16(12(14)15-10)13(2)6-7-17-8-13/h3-5H,6-8H2,1-2H3,(H2,14,15). The highest BCUT2D eigenvalue weighted by Gasteiger charge is 2.34. The molecule has 1 fully saturated rings. The van der Waals surface area contributed by atoms with Gasteiger partial charge in [0.1, 0.15) is 0 Å². The first-order valence-electron chi connectivity index (χ1n) is 5.94. The minimum atomic E-state index is -0.0645. The third-order valence-electron chi connectivity index (χ3n) is 3.64. The van der Waals surface area contributed by atoms with E-state index in [1.807, 2.05) is 12.1 Å². The third-order valence-corrected chi connectivity index (χ3v) is 3.64. The van der Waals surface area contributed by atoms with Crippen LogP contribution in [0.2, 0.25) is 0 Å². The molecule has 0 aliphatic carbocycles. The van der Waals surface area contributed by atoms with Gasteiger partial charge in [0.05, 0.1) is 23.2 Å². The Bertz CT molecular complexity index is 567. The van der Waals surface area contributed by atoms with Crippen LogP contribution < -0.4 is 5.73 Å². The van der Waals surface area contributed by atoms with E-state index in [-0.39, 0.29) is 5.54 Å². The van der Waals surface area contributed by atoms with Crippen molar-refractivity contribution in [3.05, 3.63) is 23.8 Å². The van der Waals surface area contributed by atoms with Gasteiger partial charge in [-0.2, -0.15) is 0 Å². The predicted molar refractivity (Wildman–Crippen MR) is 68.0 cm³/mol. The molecule has 1 atom stereocenters. The van der Waals surface area contributed by atoms with Gasteiger partial charge in [0.15, 0.2) is 0 Å². The summed E-state index contributed by atoms with van der Waals surface area (Å²) in [6, 6.07) is 6.12. The molecular weight excluding hydrogens is 214 g/mol. The number of aromatic nitrogens is 2. The molecule has 4 heteroatoms. The topological polar surface area (TPSA) is 53.1 Å². The van der Waals surface area contributed by atoms with Crippen molar-refractivity contribution in [1.82, 2.24) is 9.55 Å². The van der Waals surface area contributed by atoms with Crippen LogP contribution in [0.25, 0.3) is 11.0 Å². The monoisotopic (exact) mass is 231 g/mol. The van der Waals surface area contributed by atoms with Crippen molar-refractivity contribution in [3.63, 3.8) is 0 Å². The summed E-state index contributed by atoms with van der Waals surface area (Å²) in [5.41, 5.74) is 9.33. The summed E-state index contributed by atoms with van der Waals surface area (Å²) in [5, 5.41) is 0. The molecule has 2 heterocycles. The molecule has 0 spiro atoms. The highest BCUT2D eigenvalue weighted by Crippen LogP contribution is 2.34. The zero-order valence-electron chi connectivity index (χ0n) is 10.2. The molecule has 90 valence electrons. The average molecular weight is 231 g/mol. The van der Waals surface area contributed by atoms with Crippen molar-refractivity contribution in [2.75, 3.05) is 18.9 Å².